The number of ether oxygens (including phenoxy) is 1. The van der Waals surface area contributed by atoms with Gasteiger partial charge in [0.25, 0.3) is 0 Å². The van der Waals surface area contributed by atoms with Crippen molar-refractivity contribution < 1.29 is 9.53 Å². The first-order chi connectivity index (χ1) is 16.7. The van der Waals surface area contributed by atoms with Gasteiger partial charge in [-0.15, -0.1) is 0 Å². The molecule has 2 heteroatoms. The zero-order chi connectivity index (χ0) is 25.1. The number of benzene rings is 3. The Morgan fingerprint density at radius 3 is 2.20 bits per heavy atom. The Morgan fingerprint density at radius 2 is 1.54 bits per heavy atom. The van der Waals surface area contributed by atoms with Gasteiger partial charge in [0.15, 0.2) is 0 Å². The predicted octanol–water partition coefficient (Wildman–Crippen LogP) is 8.25. The van der Waals surface area contributed by atoms with Crippen molar-refractivity contribution >= 4 is 12.0 Å². The highest BCUT2D eigenvalue weighted by Gasteiger charge is 2.37. The van der Waals surface area contributed by atoms with E-state index in [1.165, 1.54) is 35.1 Å². The molecular weight excluding hydrogens is 428 g/mol. The molecule has 35 heavy (non-hydrogen) atoms. The molecule has 0 aromatic heterocycles. The number of carbonyl (C=O) groups excluding carboxylic acids is 1. The lowest BCUT2D eigenvalue weighted by atomic mass is 9.62. The lowest BCUT2D eigenvalue weighted by molar-refractivity contribution is 0.0526. The van der Waals surface area contributed by atoms with Crippen LogP contribution in [-0.2, 0) is 22.0 Å². The first kappa shape index (κ1) is 25.0. The van der Waals surface area contributed by atoms with Crippen LogP contribution in [0.15, 0.2) is 78.9 Å². The molecule has 2 nitrogen and oxygen atoms in total. The van der Waals surface area contributed by atoms with E-state index >= 15 is 0 Å². The number of allylic oxidation sites excluding steroid dienone is 1. The third kappa shape index (κ3) is 5.75. The van der Waals surface area contributed by atoms with Gasteiger partial charge in [-0.25, -0.2) is 4.79 Å². The molecule has 0 saturated heterocycles. The Labute approximate surface area is 211 Å². The molecule has 0 heterocycles. The van der Waals surface area contributed by atoms with Crippen LogP contribution in [-0.4, -0.2) is 12.6 Å². The van der Waals surface area contributed by atoms with Crippen molar-refractivity contribution in [2.75, 3.05) is 6.61 Å². The van der Waals surface area contributed by atoms with Crippen LogP contribution in [0.3, 0.4) is 0 Å². The number of esters is 1. The molecule has 0 aliphatic heterocycles. The standard InChI is InChI=1S/C33H38O2/c1-6-35-31(34)26-15-12-24(13-16-26)14-17-27(22-25-10-8-7-9-11-25)28-18-19-29-30(23-28)33(4,5)21-20-32(29,2)3/h7-19,23,27H,6,20-22H2,1-5H3. The number of carbonyl (C=O) groups is 1. The van der Waals surface area contributed by atoms with Gasteiger partial charge in [-0.05, 0) is 77.0 Å². The average Bonchev–Trinajstić information content (AvgIpc) is 2.85. The maximum atomic E-state index is 12.0. The van der Waals surface area contributed by atoms with Gasteiger partial charge in [0, 0.05) is 5.92 Å². The summed E-state index contributed by atoms with van der Waals surface area (Å²) in [6.45, 7) is 11.7. The molecule has 1 atom stereocenters. The average molecular weight is 467 g/mol. The van der Waals surface area contributed by atoms with Crippen molar-refractivity contribution in [3.63, 3.8) is 0 Å². The van der Waals surface area contributed by atoms with Gasteiger partial charge < -0.3 is 4.74 Å². The molecule has 3 aromatic rings. The summed E-state index contributed by atoms with van der Waals surface area (Å²) >= 11 is 0. The molecule has 0 spiro atoms. The largest absolute Gasteiger partial charge is 0.462 e. The van der Waals surface area contributed by atoms with Crippen molar-refractivity contribution in [2.24, 2.45) is 0 Å². The second-order valence-electron chi connectivity index (χ2n) is 11.1. The maximum absolute atomic E-state index is 12.0. The number of rotatable bonds is 7. The van der Waals surface area contributed by atoms with E-state index in [0.29, 0.717) is 12.2 Å². The Kier molecular flexibility index (Phi) is 7.31. The third-order valence-electron chi connectivity index (χ3n) is 7.55. The Morgan fingerprint density at radius 1 is 0.886 bits per heavy atom. The van der Waals surface area contributed by atoms with Crippen LogP contribution in [0, 0.1) is 0 Å². The van der Waals surface area contributed by atoms with Crippen LogP contribution >= 0.6 is 0 Å². The van der Waals surface area contributed by atoms with E-state index in [4.69, 9.17) is 4.74 Å². The monoisotopic (exact) mass is 466 g/mol. The second kappa shape index (κ2) is 10.2. The molecule has 0 amide bonds. The number of hydrogen-bond acceptors (Lipinski definition) is 2. The zero-order valence-electron chi connectivity index (χ0n) is 21.8. The zero-order valence-corrected chi connectivity index (χ0v) is 21.8. The minimum Gasteiger partial charge on any atom is -0.462 e. The van der Waals surface area contributed by atoms with E-state index in [2.05, 4.69) is 88.4 Å². The molecule has 0 fully saturated rings. The maximum Gasteiger partial charge on any atom is 0.338 e. The molecule has 0 saturated carbocycles. The Hall–Kier alpha value is -3.13. The molecule has 1 aliphatic rings. The van der Waals surface area contributed by atoms with E-state index in [0.717, 1.165) is 12.0 Å². The van der Waals surface area contributed by atoms with Crippen molar-refractivity contribution in [3.05, 3.63) is 112 Å². The number of hydrogen-bond donors (Lipinski definition) is 0. The van der Waals surface area contributed by atoms with Crippen LogP contribution in [0.5, 0.6) is 0 Å². The molecule has 1 unspecified atom stereocenters. The molecule has 0 N–H and O–H groups in total. The van der Waals surface area contributed by atoms with Gasteiger partial charge in [-0.1, -0.05) is 101 Å². The van der Waals surface area contributed by atoms with Crippen LogP contribution in [0.1, 0.15) is 91.6 Å². The summed E-state index contributed by atoms with van der Waals surface area (Å²) < 4.78 is 5.11. The second-order valence-corrected chi connectivity index (χ2v) is 11.1. The summed E-state index contributed by atoms with van der Waals surface area (Å²) in [6.07, 6.45) is 7.87. The van der Waals surface area contributed by atoms with Crippen LogP contribution in [0.4, 0.5) is 0 Å². The van der Waals surface area contributed by atoms with E-state index in [1.54, 1.807) is 0 Å². The Balaban J connectivity index is 1.67. The first-order valence-corrected chi connectivity index (χ1v) is 12.8. The molecular formula is C33H38O2. The van der Waals surface area contributed by atoms with Crippen molar-refractivity contribution in [1.82, 2.24) is 0 Å². The molecule has 0 radical (unpaired) electrons. The van der Waals surface area contributed by atoms with E-state index in [-0.39, 0.29) is 22.7 Å². The van der Waals surface area contributed by atoms with Crippen molar-refractivity contribution in [2.45, 2.75) is 70.6 Å². The van der Waals surface area contributed by atoms with Crippen LogP contribution in [0.25, 0.3) is 6.08 Å². The lowest BCUT2D eigenvalue weighted by Gasteiger charge is -2.42. The molecule has 0 bridgehead atoms. The van der Waals surface area contributed by atoms with Gasteiger partial charge in [-0.2, -0.15) is 0 Å². The fraction of sp³-hybridized carbons (Fsp3) is 0.364. The number of fused-ring (bicyclic) bond motifs is 1. The fourth-order valence-electron chi connectivity index (χ4n) is 5.17. The van der Waals surface area contributed by atoms with Gasteiger partial charge >= 0.3 is 5.97 Å². The normalized spacial score (nSPS) is 17.1. The molecule has 1 aliphatic carbocycles. The highest BCUT2D eigenvalue weighted by molar-refractivity contribution is 5.89. The summed E-state index contributed by atoms with van der Waals surface area (Å²) in [4.78, 5) is 12.0. The highest BCUT2D eigenvalue weighted by Crippen LogP contribution is 2.46. The van der Waals surface area contributed by atoms with Gasteiger partial charge in [0.05, 0.1) is 12.2 Å². The third-order valence-corrected chi connectivity index (χ3v) is 7.55. The van der Waals surface area contributed by atoms with E-state index in [9.17, 15) is 4.79 Å². The summed E-state index contributed by atoms with van der Waals surface area (Å²) in [5, 5.41) is 0. The first-order valence-electron chi connectivity index (χ1n) is 12.8. The predicted molar refractivity (Wildman–Crippen MR) is 146 cm³/mol. The Bertz CT molecular complexity index is 1180. The summed E-state index contributed by atoms with van der Waals surface area (Å²) in [5.41, 5.74) is 7.75. The SMILES string of the molecule is CCOC(=O)c1ccc(C=CC(Cc2ccccc2)c2ccc3c(c2)C(C)(C)CCC3(C)C)cc1. The van der Waals surface area contributed by atoms with E-state index in [1.807, 2.05) is 31.2 Å². The minimum atomic E-state index is -0.274. The summed E-state index contributed by atoms with van der Waals surface area (Å²) in [6, 6.07) is 25.6. The smallest absolute Gasteiger partial charge is 0.338 e. The molecule has 182 valence electrons. The fourth-order valence-corrected chi connectivity index (χ4v) is 5.17. The van der Waals surface area contributed by atoms with Gasteiger partial charge in [0.2, 0.25) is 0 Å². The summed E-state index contributed by atoms with van der Waals surface area (Å²) in [7, 11) is 0. The van der Waals surface area contributed by atoms with Crippen LogP contribution in [0.2, 0.25) is 0 Å². The lowest BCUT2D eigenvalue weighted by Crippen LogP contribution is -2.34. The van der Waals surface area contributed by atoms with E-state index < -0.39 is 0 Å². The van der Waals surface area contributed by atoms with Gasteiger partial charge in [-0.3, -0.25) is 0 Å². The van der Waals surface area contributed by atoms with Crippen LogP contribution < -0.4 is 0 Å². The summed E-state index contributed by atoms with van der Waals surface area (Å²) in [5.74, 6) is -0.0159. The highest BCUT2D eigenvalue weighted by atomic mass is 16.5. The van der Waals surface area contributed by atoms with Crippen molar-refractivity contribution in [3.8, 4) is 0 Å². The molecule has 3 aromatic carbocycles. The van der Waals surface area contributed by atoms with Gasteiger partial charge in [0.1, 0.15) is 0 Å². The quantitative estimate of drug-likeness (QED) is 0.328. The minimum absolute atomic E-state index is 0.185. The van der Waals surface area contributed by atoms with Crippen molar-refractivity contribution in [1.29, 1.82) is 0 Å². The molecule has 4 rings (SSSR count). The topological polar surface area (TPSA) is 26.3 Å².